The Morgan fingerprint density at radius 1 is 1.19 bits per heavy atom. The molecule has 0 spiro atoms. The molecule has 2 aromatic carbocycles. The Bertz CT molecular complexity index is 928. The van der Waals surface area contributed by atoms with E-state index in [1.165, 1.54) is 12.7 Å². The van der Waals surface area contributed by atoms with Gasteiger partial charge in [0.1, 0.15) is 11.6 Å². The summed E-state index contributed by atoms with van der Waals surface area (Å²) in [5.41, 5.74) is 2.65. The molecular weight excluding hydrogens is 330 g/mol. The lowest BCUT2D eigenvalue weighted by atomic mass is 10.1. The fourth-order valence-electron chi connectivity index (χ4n) is 2.86. The van der Waals surface area contributed by atoms with Gasteiger partial charge in [0.15, 0.2) is 0 Å². The van der Waals surface area contributed by atoms with Gasteiger partial charge in [-0.05, 0) is 30.2 Å². The minimum absolute atomic E-state index is 0.0404. The first-order valence-electron chi connectivity index (χ1n) is 8.09. The summed E-state index contributed by atoms with van der Waals surface area (Å²) < 4.78 is 4.71. The van der Waals surface area contributed by atoms with Gasteiger partial charge >= 0.3 is 5.97 Å². The second-order valence-corrected chi connectivity index (χ2v) is 5.72. The lowest BCUT2D eigenvalue weighted by Gasteiger charge is -2.15. The highest BCUT2D eigenvalue weighted by atomic mass is 16.5. The summed E-state index contributed by atoms with van der Waals surface area (Å²) in [7, 11) is 1.27. The van der Waals surface area contributed by atoms with E-state index >= 15 is 0 Å². The Hall–Kier alpha value is -3.59. The molecule has 3 rings (SSSR count). The molecular formula is C20H17N3O3. The third-order valence-corrected chi connectivity index (χ3v) is 4.15. The molecule has 0 fully saturated rings. The molecule has 0 saturated heterocycles. The Balaban J connectivity index is 1.83. The zero-order chi connectivity index (χ0) is 18.5. The summed E-state index contributed by atoms with van der Waals surface area (Å²) in [4.78, 5) is 26.2. The molecule has 6 heteroatoms. The predicted octanol–water partition coefficient (Wildman–Crippen LogP) is 2.88. The van der Waals surface area contributed by atoms with Crippen molar-refractivity contribution in [3.8, 4) is 6.07 Å². The number of esters is 1. The number of para-hydroxylation sites is 2. The molecule has 0 unspecified atom stereocenters. The van der Waals surface area contributed by atoms with E-state index in [2.05, 4.69) is 5.32 Å². The fourth-order valence-corrected chi connectivity index (χ4v) is 2.86. The van der Waals surface area contributed by atoms with Crippen molar-refractivity contribution >= 4 is 23.3 Å². The van der Waals surface area contributed by atoms with Gasteiger partial charge in [-0.3, -0.25) is 4.79 Å². The standard InChI is InChI=1S/C20H17N3O3/c1-26-20(25)16-7-3-4-8-17(16)22-19(24)15(12-21)13-23-11-10-14-6-2-5-9-18(14)23/h2-9,13H,10-11H2,1H3,(H,22,24)/b15-13-. The van der Waals surface area contributed by atoms with Gasteiger partial charge in [0, 0.05) is 18.4 Å². The quantitative estimate of drug-likeness (QED) is 0.522. The summed E-state index contributed by atoms with van der Waals surface area (Å²) in [5, 5.41) is 12.0. The van der Waals surface area contributed by atoms with Crippen LogP contribution >= 0.6 is 0 Å². The third-order valence-electron chi connectivity index (χ3n) is 4.15. The van der Waals surface area contributed by atoms with Gasteiger partial charge in [-0.25, -0.2) is 4.79 Å². The molecule has 1 N–H and O–H groups in total. The first-order valence-corrected chi connectivity index (χ1v) is 8.09. The maximum atomic E-state index is 12.5. The summed E-state index contributed by atoms with van der Waals surface area (Å²) in [6.07, 6.45) is 2.40. The van der Waals surface area contributed by atoms with Gasteiger partial charge in [0.25, 0.3) is 5.91 Å². The van der Waals surface area contributed by atoms with E-state index in [1.54, 1.807) is 30.5 Å². The Morgan fingerprint density at radius 3 is 2.69 bits per heavy atom. The number of carbonyl (C=O) groups excluding carboxylic acids is 2. The van der Waals surface area contributed by atoms with Crippen molar-refractivity contribution in [3.63, 3.8) is 0 Å². The fraction of sp³-hybridized carbons (Fsp3) is 0.150. The number of anilines is 2. The van der Waals surface area contributed by atoms with Gasteiger partial charge in [0.05, 0.1) is 18.4 Å². The van der Waals surface area contributed by atoms with E-state index in [4.69, 9.17) is 4.74 Å². The first kappa shape index (κ1) is 17.2. The number of hydrogen-bond donors (Lipinski definition) is 1. The van der Waals surface area contributed by atoms with Gasteiger partial charge in [-0.2, -0.15) is 5.26 Å². The monoisotopic (exact) mass is 347 g/mol. The maximum absolute atomic E-state index is 12.5. The molecule has 2 aromatic rings. The molecule has 1 amide bonds. The van der Waals surface area contributed by atoms with Crippen molar-refractivity contribution in [2.24, 2.45) is 0 Å². The number of amides is 1. The number of nitrogens with zero attached hydrogens (tertiary/aromatic N) is 2. The number of carbonyl (C=O) groups is 2. The number of nitriles is 1. The molecule has 1 heterocycles. The number of rotatable bonds is 4. The number of methoxy groups -OCH3 is 1. The van der Waals surface area contributed by atoms with Gasteiger partial charge < -0.3 is 15.0 Å². The topological polar surface area (TPSA) is 82.4 Å². The zero-order valence-electron chi connectivity index (χ0n) is 14.2. The van der Waals surface area contributed by atoms with E-state index in [9.17, 15) is 14.9 Å². The number of nitrogens with one attached hydrogen (secondary N) is 1. The minimum atomic E-state index is -0.576. The predicted molar refractivity (Wildman–Crippen MR) is 97.6 cm³/mol. The zero-order valence-corrected chi connectivity index (χ0v) is 14.2. The molecule has 0 bridgehead atoms. The van der Waals surface area contributed by atoms with Crippen LogP contribution in [0.15, 0.2) is 60.3 Å². The highest BCUT2D eigenvalue weighted by molar-refractivity contribution is 6.09. The van der Waals surface area contributed by atoms with Gasteiger partial charge in [0.2, 0.25) is 0 Å². The lowest BCUT2D eigenvalue weighted by molar-refractivity contribution is -0.112. The molecule has 0 aliphatic carbocycles. The molecule has 6 nitrogen and oxygen atoms in total. The van der Waals surface area contributed by atoms with Crippen molar-refractivity contribution in [1.29, 1.82) is 5.26 Å². The van der Waals surface area contributed by atoms with E-state index in [0.717, 1.165) is 12.1 Å². The van der Waals surface area contributed by atoms with Crippen LogP contribution in [0.2, 0.25) is 0 Å². The minimum Gasteiger partial charge on any atom is -0.465 e. The van der Waals surface area contributed by atoms with Crippen molar-refractivity contribution in [2.75, 3.05) is 23.9 Å². The van der Waals surface area contributed by atoms with Crippen LogP contribution in [-0.4, -0.2) is 25.5 Å². The Morgan fingerprint density at radius 2 is 1.92 bits per heavy atom. The number of hydrogen-bond acceptors (Lipinski definition) is 5. The second-order valence-electron chi connectivity index (χ2n) is 5.72. The summed E-state index contributed by atoms with van der Waals surface area (Å²) in [6.45, 7) is 0.705. The van der Waals surface area contributed by atoms with Crippen molar-refractivity contribution in [3.05, 3.63) is 71.4 Å². The van der Waals surface area contributed by atoms with E-state index < -0.39 is 11.9 Å². The molecule has 0 radical (unpaired) electrons. The summed E-state index contributed by atoms with van der Waals surface area (Å²) in [5.74, 6) is -1.13. The van der Waals surface area contributed by atoms with E-state index in [-0.39, 0.29) is 11.1 Å². The van der Waals surface area contributed by atoms with Crippen molar-refractivity contribution < 1.29 is 14.3 Å². The van der Waals surface area contributed by atoms with Crippen LogP contribution in [0.3, 0.4) is 0 Å². The average molecular weight is 347 g/mol. The van der Waals surface area contributed by atoms with Crippen LogP contribution in [-0.2, 0) is 16.0 Å². The van der Waals surface area contributed by atoms with Crippen LogP contribution in [0.1, 0.15) is 15.9 Å². The summed E-state index contributed by atoms with van der Waals surface area (Å²) >= 11 is 0. The third kappa shape index (κ3) is 3.42. The molecule has 26 heavy (non-hydrogen) atoms. The van der Waals surface area contributed by atoms with Crippen molar-refractivity contribution in [1.82, 2.24) is 0 Å². The van der Waals surface area contributed by atoms with Gasteiger partial charge in [-0.15, -0.1) is 0 Å². The van der Waals surface area contributed by atoms with Crippen LogP contribution in [0.4, 0.5) is 11.4 Å². The molecule has 0 saturated carbocycles. The molecule has 130 valence electrons. The molecule has 1 aliphatic heterocycles. The average Bonchev–Trinajstić information content (AvgIpc) is 3.08. The highest BCUT2D eigenvalue weighted by Crippen LogP contribution is 2.28. The van der Waals surface area contributed by atoms with Crippen molar-refractivity contribution in [2.45, 2.75) is 6.42 Å². The first-order chi connectivity index (χ1) is 12.6. The molecule has 0 aromatic heterocycles. The van der Waals surface area contributed by atoms with Gasteiger partial charge in [-0.1, -0.05) is 30.3 Å². The largest absolute Gasteiger partial charge is 0.465 e. The Kier molecular flexibility index (Phi) is 4.99. The van der Waals surface area contributed by atoms with Crippen LogP contribution in [0.5, 0.6) is 0 Å². The van der Waals surface area contributed by atoms with Crippen LogP contribution in [0, 0.1) is 11.3 Å². The SMILES string of the molecule is COC(=O)c1ccccc1NC(=O)/C(C#N)=C\N1CCc2ccccc21. The number of benzene rings is 2. The lowest BCUT2D eigenvalue weighted by Crippen LogP contribution is -2.20. The van der Waals surface area contributed by atoms with E-state index in [1.807, 2.05) is 35.2 Å². The maximum Gasteiger partial charge on any atom is 0.339 e. The van der Waals surface area contributed by atoms with Crippen LogP contribution < -0.4 is 10.2 Å². The number of fused-ring (bicyclic) bond motifs is 1. The second kappa shape index (κ2) is 7.53. The number of ether oxygens (including phenoxy) is 1. The Labute approximate surface area is 151 Å². The smallest absolute Gasteiger partial charge is 0.339 e. The molecule has 1 aliphatic rings. The molecule has 0 atom stereocenters. The normalized spacial score (nSPS) is 12.9. The highest BCUT2D eigenvalue weighted by Gasteiger charge is 2.20. The summed E-state index contributed by atoms with van der Waals surface area (Å²) in [6, 6.07) is 16.3. The van der Waals surface area contributed by atoms with Crippen LogP contribution in [0.25, 0.3) is 0 Å². The van der Waals surface area contributed by atoms with E-state index in [0.29, 0.717) is 12.2 Å².